The number of benzene rings is 2. The summed E-state index contributed by atoms with van der Waals surface area (Å²) in [5.41, 5.74) is 2.07. The topological polar surface area (TPSA) is 37.3 Å². The van der Waals surface area contributed by atoms with E-state index in [-0.39, 0.29) is 0 Å². The maximum absolute atomic E-state index is 11.8. The van der Waals surface area contributed by atoms with Gasteiger partial charge in [0, 0.05) is 4.88 Å². The maximum Gasteiger partial charge on any atom is 0.311 e. The lowest BCUT2D eigenvalue weighted by atomic mass is 9.90. The molecule has 0 saturated heterocycles. The average Bonchev–Trinajstić information content (AvgIpc) is 2.89. The monoisotopic (exact) mass is 296 g/mol. The Balaban J connectivity index is 2.08. The molecule has 3 rings (SSSR count). The molecule has 1 heterocycles. The summed E-state index contributed by atoms with van der Waals surface area (Å²) in [4.78, 5) is 12.9. The zero-order chi connectivity index (χ0) is 14.8. The fourth-order valence-electron chi connectivity index (χ4n) is 2.68. The number of hydrogen-bond acceptors (Lipinski definition) is 2. The van der Waals surface area contributed by atoms with Crippen LogP contribution < -0.4 is 0 Å². The molecule has 1 atom stereocenters. The van der Waals surface area contributed by atoms with Crippen molar-refractivity contribution in [3.8, 4) is 0 Å². The second-order valence-corrected chi connectivity index (χ2v) is 6.19. The van der Waals surface area contributed by atoms with Gasteiger partial charge in [0.2, 0.25) is 0 Å². The summed E-state index contributed by atoms with van der Waals surface area (Å²) < 4.78 is 0. The van der Waals surface area contributed by atoms with E-state index in [4.69, 9.17) is 0 Å². The van der Waals surface area contributed by atoms with Crippen LogP contribution in [-0.4, -0.2) is 11.1 Å². The highest BCUT2D eigenvalue weighted by atomic mass is 32.1. The van der Waals surface area contributed by atoms with E-state index in [1.165, 1.54) is 5.56 Å². The van der Waals surface area contributed by atoms with Crippen LogP contribution in [0.4, 0.5) is 0 Å². The van der Waals surface area contributed by atoms with Gasteiger partial charge in [-0.3, -0.25) is 4.79 Å². The first kappa shape index (κ1) is 13.8. The lowest BCUT2D eigenvalue weighted by Gasteiger charge is -2.15. The fraction of sp³-hybridized carbons (Fsp3) is 0.167. The molecular formula is C18H16O2S. The van der Waals surface area contributed by atoms with Crippen molar-refractivity contribution in [2.75, 3.05) is 0 Å². The molecule has 0 bridgehead atoms. The minimum absolute atomic E-state index is 0.506. The Morgan fingerprint density at radius 3 is 2.62 bits per heavy atom. The molecule has 0 radical (unpaired) electrons. The number of aliphatic carboxylic acids is 1. The van der Waals surface area contributed by atoms with Gasteiger partial charge in [-0.1, -0.05) is 42.5 Å². The van der Waals surface area contributed by atoms with Crippen molar-refractivity contribution in [3.63, 3.8) is 0 Å². The number of rotatable bonds is 4. The van der Waals surface area contributed by atoms with Crippen LogP contribution >= 0.6 is 11.3 Å². The molecule has 0 amide bonds. The van der Waals surface area contributed by atoms with Crippen LogP contribution in [0.1, 0.15) is 21.9 Å². The van der Waals surface area contributed by atoms with Crippen LogP contribution in [0.2, 0.25) is 0 Å². The molecule has 0 aliphatic rings. The molecule has 1 N–H and O–H groups in total. The summed E-state index contributed by atoms with van der Waals surface area (Å²) in [5, 5.41) is 13.8. The largest absolute Gasteiger partial charge is 0.481 e. The molecule has 0 fully saturated rings. The normalized spacial score (nSPS) is 12.4. The third-order valence-corrected chi connectivity index (χ3v) is 4.90. The first-order valence-corrected chi connectivity index (χ1v) is 7.78. The molecule has 21 heavy (non-hydrogen) atoms. The van der Waals surface area contributed by atoms with Crippen molar-refractivity contribution in [1.29, 1.82) is 0 Å². The van der Waals surface area contributed by atoms with Crippen LogP contribution in [0, 0.1) is 6.92 Å². The molecule has 0 spiro atoms. The molecule has 3 aromatic rings. The number of aryl methyl sites for hydroxylation is 1. The molecular weight excluding hydrogens is 280 g/mol. The fourth-order valence-corrected chi connectivity index (χ4v) is 3.64. The Labute approximate surface area is 127 Å². The highest BCUT2D eigenvalue weighted by molar-refractivity contribution is 7.10. The van der Waals surface area contributed by atoms with E-state index in [0.29, 0.717) is 6.42 Å². The number of carboxylic acid groups (broad SMARTS) is 1. The van der Waals surface area contributed by atoms with E-state index in [9.17, 15) is 9.90 Å². The molecule has 2 aromatic carbocycles. The van der Waals surface area contributed by atoms with Crippen LogP contribution in [0.5, 0.6) is 0 Å². The number of carboxylic acids is 1. The number of thiophene rings is 1. The minimum Gasteiger partial charge on any atom is -0.481 e. The molecule has 2 nitrogen and oxygen atoms in total. The molecule has 0 aliphatic carbocycles. The third kappa shape index (κ3) is 2.69. The first-order valence-electron chi connectivity index (χ1n) is 6.90. The van der Waals surface area contributed by atoms with Crippen molar-refractivity contribution < 1.29 is 9.90 Å². The average molecular weight is 296 g/mol. The summed E-state index contributed by atoms with van der Waals surface area (Å²) in [7, 11) is 0. The summed E-state index contributed by atoms with van der Waals surface area (Å²) in [6, 6.07) is 15.9. The Morgan fingerprint density at radius 1 is 1.14 bits per heavy atom. The van der Waals surface area contributed by atoms with E-state index in [0.717, 1.165) is 21.2 Å². The molecule has 0 aliphatic heterocycles. The predicted octanol–water partition coefficient (Wildman–Crippen LogP) is 4.62. The van der Waals surface area contributed by atoms with Crippen LogP contribution in [0.3, 0.4) is 0 Å². The Hall–Kier alpha value is -2.13. The van der Waals surface area contributed by atoms with Crippen LogP contribution in [0.25, 0.3) is 10.8 Å². The second-order valence-electron chi connectivity index (χ2n) is 5.19. The van der Waals surface area contributed by atoms with E-state index < -0.39 is 11.9 Å². The lowest BCUT2D eigenvalue weighted by molar-refractivity contribution is -0.138. The van der Waals surface area contributed by atoms with Gasteiger partial charge in [0.1, 0.15) is 0 Å². The summed E-state index contributed by atoms with van der Waals surface area (Å²) in [5.74, 6) is -1.27. The van der Waals surface area contributed by atoms with Gasteiger partial charge >= 0.3 is 5.97 Å². The molecule has 1 unspecified atom stereocenters. The first-order chi connectivity index (χ1) is 10.2. The van der Waals surface area contributed by atoms with Gasteiger partial charge in [-0.2, -0.15) is 0 Å². The van der Waals surface area contributed by atoms with Crippen LogP contribution in [0.15, 0.2) is 53.9 Å². The lowest BCUT2D eigenvalue weighted by Crippen LogP contribution is -2.14. The maximum atomic E-state index is 11.8. The highest BCUT2D eigenvalue weighted by Crippen LogP contribution is 2.31. The van der Waals surface area contributed by atoms with Crippen LogP contribution in [-0.2, 0) is 11.2 Å². The van der Waals surface area contributed by atoms with Gasteiger partial charge in [-0.15, -0.1) is 11.3 Å². The van der Waals surface area contributed by atoms with E-state index in [2.05, 4.69) is 0 Å². The van der Waals surface area contributed by atoms with E-state index in [1.54, 1.807) is 11.3 Å². The zero-order valence-electron chi connectivity index (χ0n) is 11.7. The second kappa shape index (κ2) is 5.70. The Morgan fingerprint density at radius 2 is 1.90 bits per heavy atom. The van der Waals surface area contributed by atoms with Crippen molar-refractivity contribution in [3.05, 3.63) is 69.9 Å². The minimum atomic E-state index is -0.765. The van der Waals surface area contributed by atoms with Gasteiger partial charge in [0.25, 0.3) is 0 Å². The summed E-state index contributed by atoms with van der Waals surface area (Å²) >= 11 is 1.63. The van der Waals surface area contributed by atoms with Gasteiger partial charge in [-0.25, -0.2) is 0 Å². The Kier molecular flexibility index (Phi) is 3.76. The zero-order valence-corrected chi connectivity index (χ0v) is 12.6. The van der Waals surface area contributed by atoms with E-state index in [1.807, 2.05) is 60.8 Å². The smallest absolute Gasteiger partial charge is 0.311 e. The van der Waals surface area contributed by atoms with Gasteiger partial charge < -0.3 is 5.11 Å². The quantitative estimate of drug-likeness (QED) is 0.762. The number of hydrogen-bond donors (Lipinski definition) is 1. The third-order valence-electron chi connectivity index (χ3n) is 3.85. The summed E-state index contributed by atoms with van der Waals surface area (Å²) in [6.45, 7) is 2.04. The molecule has 106 valence electrons. The predicted molar refractivity (Wildman–Crippen MR) is 87.1 cm³/mol. The molecule has 1 aromatic heterocycles. The SMILES string of the molecule is Cc1ccsc1CC(C(=O)O)c1cccc2ccccc12. The molecule has 3 heteroatoms. The standard InChI is InChI=1S/C18H16O2S/c1-12-9-10-21-17(12)11-16(18(19)20)15-8-4-6-13-5-2-3-7-14(13)15/h2-10,16H,11H2,1H3,(H,19,20). The highest BCUT2D eigenvalue weighted by Gasteiger charge is 2.23. The number of carbonyl (C=O) groups is 1. The van der Waals surface area contributed by atoms with Crippen molar-refractivity contribution >= 4 is 28.1 Å². The Bertz CT molecular complexity index is 783. The molecule has 0 saturated carbocycles. The van der Waals surface area contributed by atoms with Gasteiger partial charge in [0.05, 0.1) is 5.92 Å². The van der Waals surface area contributed by atoms with Gasteiger partial charge in [0.15, 0.2) is 0 Å². The van der Waals surface area contributed by atoms with Crippen molar-refractivity contribution in [1.82, 2.24) is 0 Å². The van der Waals surface area contributed by atoms with Gasteiger partial charge in [-0.05, 0) is 46.7 Å². The van der Waals surface area contributed by atoms with Crippen molar-refractivity contribution in [2.45, 2.75) is 19.3 Å². The van der Waals surface area contributed by atoms with Crippen molar-refractivity contribution in [2.24, 2.45) is 0 Å². The number of fused-ring (bicyclic) bond motifs is 1. The van der Waals surface area contributed by atoms with E-state index >= 15 is 0 Å². The summed E-state index contributed by atoms with van der Waals surface area (Å²) in [6.07, 6.45) is 0.548.